The minimum Gasteiger partial charge on any atom is -0.324 e. The molecule has 1 N–H and O–H groups in total. The van der Waals surface area contributed by atoms with Crippen LogP contribution in [0.5, 0.6) is 0 Å². The number of aryl methyl sites for hydroxylation is 1. The van der Waals surface area contributed by atoms with Crippen LogP contribution in [-0.2, 0) is 0 Å². The van der Waals surface area contributed by atoms with Crippen molar-refractivity contribution < 1.29 is 9.18 Å². The van der Waals surface area contributed by atoms with Gasteiger partial charge >= 0.3 is 6.03 Å². The normalized spacial score (nSPS) is 22.6. The molecule has 0 saturated carbocycles. The highest BCUT2D eigenvalue weighted by Crippen LogP contribution is 2.34. The number of benzene rings is 2. The largest absolute Gasteiger partial charge is 0.324 e. The molecule has 29 heavy (non-hydrogen) atoms. The number of rotatable bonds is 4. The van der Waals surface area contributed by atoms with Gasteiger partial charge in [-0.1, -0.05) is 30.7 Å². The van der Waals surface area contributed by atoms with Gasteiger partial charge < -0.3 is 15.1 Å². The zero-order valence-corrected chi connectivity index (χ0v) is 17.1. The van der Waals surface area contributed by atoms with Gasteiger partial charge in [0.05, 0.1) is 0 Å². The van der Waals surface area contributed by atoms with Crippen LogP contribution in [0.15, 0.2) is 48.5 Å². The molecule has 2 fully saturated rings. The van der Waals surface area contributed by atoms with Crippen LogP contribution >= 0.6 is 0 Å². The summed E-state index contributed by atoms with van der Waals surface area (Å²) in [6.45, 7) is 6.56. The van der Waals surface area contributed by atoms with Gasteiger partial charge in [0, 0.05) is 31.2 Å². The summed E-state index contributed by atoms with van der Waals surface area (Å²) < 4.78 is 13.9. The van der Waals surface area contributed by atoms with E-state index in [1.54, 1.807) is 12.1 Å². The van der Waals surface area contributed by atoms with Crippen LogP contribution in [0.3, 0.4) is 0 Å². The molecule has 0 bridgehead atoms. The second-order valence-electron chi connectivity index (χ2n) is 8.49. The van der Waals surface area contributed by atoms with Gasteiger partial charge in [0.2, 0.25) is 0 Å². The van der Waals surface area contributed by atoms with Crippen LogP contribution in [0.1, 0.15) is 36.3 Å². The SMILES string of the molecule is Cc1cccc(NC(=O)N2CC(CN3CCCCC3)C(c3cccc(F)c3)C2)c1. The Labute approximate surface area is 172 Å². The Hall–Kier alpha value is -2.40. The number of halogens is 1. The molecular weight excluding hydrogens is 365 g/mol. The number of piperidine rings is 1. The number of likely N-dealkylation sites (tertiary alicyclic amines) is 2. The molecule has 2 aliphatic heterocycles. The summed E-state index contributed by atoms with van der Waals surface area (Å²) in [5.41, 5.74) is 2.93. The van der Waals surface area contributed by atoms with E-state index in [0.717, 1.165) is 36.4 Å². The maximum atomic E-state index is 13.9. The predicted octanol–water partition coefficient (Wildman–Crippen LogP) is 4.87. The fourth-order valence-corrected chi connectivity index (χ4v) is 4.74. The first-order valence-corrected chi connectivity index (χ1v) is 10.7. The Balaban J connectivity index is 1.49. The maximum absolute atomic E-state index is 13.9. The van der Waals surface area contributed by atoms with Crippen molar-refractivity contribution in [3.8, 4) is 0 Å². The average Bonchev–Trinajstić information content (AvgIpc) is 3.13. The Kier molecular flexibility index (Phi) is 6.14. The van der Waals surface area contributed by atoms with Gasteiger partial charge in [-0.05, 0) is 74.2 Å². The van der Waals surface area contributed by atoms with E-state index in [1.807, 2.05) is 42.2 Å². The van der Waals surface area contributed by atoms with Crippen LogP contribution in [0.2, 0.25) is 0 Å². The van der Waals surface area contributed by atoms with Crippen molar-refractivity contribution in [1.82, 2.24) is 9.80 Å². The smallest absolute Gasteiger partial charge is 0.321 e. The van der Waals surface area contributed by atoms with Gasteiger partial charge in [-0.15, -0.1) is 0 Å². The first kappa shape index (κ1) is 19.9. The Morgan fingerprint density at radius 2 is 1.86 bits per heavy atom. The lowest BCUT2D eigenvalue weighted by Gasteiger charge is -2.31. The van der Waals surface area contributed by atoms with Crippen LogP contribution in [0.25, 0.3) is 0 Å². The number of hydrogen-bond acceptors (Lipinski definition) is 2. The molecular formula is C24H30FN3O. The first-order valence-electron chi connectivity index (χ1n) is 10.7. The number of carbonyl (C=O) groups excluding carboxylic acids is 1. The van der Waals surface area contributed by atoms with E-state index in [-0.39, 0.29) is 17.8 Å². The molecule has 2 heterocycles. The predicted molar refractivity (Wildman–Crippen MR) is 115 cm³/mol. The molecule has 2 aliphatic rings. The minimum absolute atomic E-state index is 0.0712. The summed E-state index contributed by atoms with van der Waals surface area (Å²) in [6.07, 6.45) is 3.79. The summed E-state index contributed by atoms with van der Waals surface area (Å²) in [5.74, 6) is 0.274. The molecule has 4 rings (SSSR count). The first-order chi connectivity index (χ1) is 14.1. The third-order valence-electron chi connectivity index (χ3n) is 6.22. The highest BCUT2D eigenvalue weighted by molar-refractivity contribution is 5.89. The van der Waals surface area contributed by atoms with E-state index in [2.05, 4.69) is 10.2 Å². The lowest BCUT2D eigenvalue weighted by molar-refractivity contribution is 0.188. The van der Waals surface area contributed by atoms with Gasteiger partial charge in [0.15, 0.2) is 0 Å². The topological polar surface area (TPSA) is 35.6 Å². The lowest BCUT2D eigenvalue weighted by atomic mass is 9.88. The number of nitrogens with one attached hydrogen (secondary N) is 1. The third kappa shape index (κ3) is 4.96. The molecule has 0 radical (unpaired) electrons. The molecule has 2 aromatic carbocycles. The standard InChI is InChI=1S/C24H30FN3O/c1-18-7-5-10-22(13-18)26-24(29)28-16-20(15-27-11-3-2-4-12-27)23(17-28)19-8-6-9-21(25)14-19/h5-10,13-14,20,23H,2-4,11-12,15-17H2,1H3,(H,26,29). The Morgan fingerprint density at radius 1 is 1.07 bits per heavy atom. The van der Waals surface area contributed by atoms with Gasteiger partial charge in [0.25, 0.3) is 0 Å². The van der Waals surface area contributed by atoms with Crippen molar-refractivity contribution in [3.63, 3.8) is 0 Å². The summed E-state index contributed by atoms with van der Waals surface area (Å²) >= 11 is 0. The van der Waals surface area contributed by atoms with E-state index in [0.29, 0.717) is 19.0 Å². The van der Waals surface area contributed by atoms with Gasteiger partial charge in [-0.25, -0.2) is 9.18 Å². The molecule has 2 unspecified atom stereocenters. The monoisotopic (exact) mass is 395 g/mol. The van der Waals surface area contributed by atoms with Crippen molar-refractivity contribution in [2.75, 3.05) is 38.0 Å². The highest BCUT2D eigenvalue weighted by Gasteiger charge is 2.37. The zero-order valence-electron chi connectivity index (χ0n) is 17.1. The number of nitrogens with zero attached hydrogens (tertiary/aromatic N) is 2. The molecule has 154 valence electrons. The fraction of sp³-hybridized carbons (Fsp3) is 0.458. The lowest BCUT2D eigenvalue weighted by Crippen LogP contribution is -2.37. The van der Waals surface area contributed by atoms with Crippen LogP contribution in [-0.4, -0.2) is 48.6 Å². The van der Waals surface area contributed by atoms with Gasteiger partial charge in [0.1, 0.15) is 5.82 Å². The molecule has 2 aromatic rings. The molecule has 5 heteroatoms. The maximum Gasteiger partial charge on any atom is 0.321 e. The summed E-state index contributed by atoms with van der Waals surface area (Å²) in [5, 5.41) is 3.03. The molecule has 0 aliphatic carbocycles. The molecule has 0 spiro atoms. The zero-order chi connectivity index (χ0) is 20.2. The number of anilines is 1. The molecule has 2 amide bonds. The van der Waals surface area contributed by atoms with E-state index >= 15 is 0 Å². The highest BCUT2D eigenvalue weighted by atomic mass is 19.1. The summed E-state index contributed by atoms with van der Waals surface area (Å²) in [7, 11) is 0. The quantitative estimate of drug-likeness (QED) is 0.802. The molecule has 0 aromatic heterocycles. The van der Waals surface area contributed by atoms with Crippen molar-refractivity contribution in [1.29, 1.82) is 0 Å². The number of carbonyl (C=O) groups is 1. The third-order valence-corrected chi connectivity index (χ3v) is 6.22. The molecule has 2 saturated heterocycles. The average molecular weight is 396 g/mol. The van der Waals surface area contributed by atoms with Crippen LogP contribution in [0, 0.1) is 18.7 Å². The van der Waals surface area contributed by atoms with Crippen molar-refractivity contribution >= 4 is 11.7 Å². The van der Waals surface area contributed by atoms with Gasteiger partial charge in [-0.2, -0.15) is 0 Å². The summed E-state index contributed by atoms with van der Waals surface area (Å²) in [6, 6.07) is 14.7. The minimum atomic E-state index is -0.207. The Morgan fingerprint density at radius 3 is 2.62 bits per heavy atom. The van der Waals surface area contributed by atoms with E-state index in [4.69, 9.17) is 0 Å². The second kappa shape index (κ2) is 8.95. The van der Waals surface area contributed by atoms with Crippen molar-refractivity contribution in [2.24, 2.45) is 5.92 Å². The van der Waals surface area contributed by atoms with Crippen molar-refractivity contribution in [2.45, 2.75) is 32.1 Å². The van der Waals surface area contributed by atoms with Crippen LogP contribution < -0.4 is 5.32 Å². The number of hydrogen-bond donors (Lipinski definition) is 1. The molecule has 2 atom stereocenters. The molecule has 4 nitrogen and oxygen atoms in total. The van der Waals surface area contributed by atoms with Crippen molar-refractivity contribution in [3.05, 3.63) is 65.5 Å². The summed E-state index contributed by atoms with van der Waals surface area (Å²) in [4.78, 5) is 17.3. The van der Waals surface area contributed by atoms with E-state index < -0.39 is 0 Å². The Bertz CT molecular complexity index is 850. The van der Waals surface area contributed by atoms with Gasteiger partial charge in [-0.3, -0.25) is 0 Å². The van der Waals surface area contributed by atoms with E-state index in [1.165, 1.54) is 25.3 Å². The number of amides is 2. The van der Waals surface area contributed by atoms with Crippen LogP contribution in [0.4, 0.5) is 14.9 Å². The van der Waals surface area contributed by atoms with E-state index in [9.17, 15) is 9.18 Å². The second-order valence-corrected chi connectivity index (χ2v) is 8.49. The fourth-order valence-electron chi connectivity index (χ4n) is 4.74. The number of urea groups is 1.